The predicted octanol–water partition coefficient (Wildman–Crippen LogP) is 3.50. The lowest BCUT2D eigenvalue weighted by Crippen LogP contribution is -2.61. The second-order valence-corrected chi connectivity index (χ2v) is 11.0. The van der Waals surface area contributed by atoms with Crippen LogP contribution in [0.3, 0.4) is 0 Å². The zero-order valence-corrected chi connectivity index (χ0v) is 24.5. The van der Waals surface area contributed by atoms with Gasteiger partial charge in [-0.25, -0.2) is 13.8 Å². The third kappa shape index (κ3) is 7.10. The summed E-state index contributed by atoms with van der Waals surface area (Å²) in [6.07, 6.45) is 3.09. The number of aromatic nitrogens is 1. The maximum Gasteiger partial charge on any atom is 0.275 e. The van der Waals surface area contributed by atoms with E-state index in [9.17, 15) is 28.3 Å². The fourth-order valence-corrected chi connectivity index (χ4v) is 5.72. The summed E-state index contributed by atoms with van der Waals surface area (Å²) in [6.45, 7) is 3.79. The van der Waals surface area contributed by atoms with Crippen LogP contribution in [0.25, 0.3) is 0 Å². The molecule has 11 nitrogen and oxygen atoms in total. The molecule has 0 atom stereocenters. The lowest BCUT2D eigenvalue weighted by atomic mass is 9.80. The Hall–Kier alpha value is -3.91. The van der Waals surface area contributed by atoms with Crippen molar-refractivity contribution in [3.8, 4) is 5.75 Å². The van der Waals surface area contributed by atoms with Crippen molar-refractivity contribution in [1.82, 2.24) is 15.2 Å². The van der Waals surface area contributed by atoms with Gasteiger partial charge in [0.15, 0.2) is 11.4 Å². The van der Waals surface area contributed by atoms with E-state index >= 15 is 0 Å². The van der Waals surface area contributed by atoms with Gasteiger partial charge in [-0.05, 0) is 51.3 Å². The summed E-state index contributed by atoms with van der Waals surface area (Å²) in [6, 6.07) is 2.94. The first kappa shape index (κ1) is 32.6. The normalized spacial score (nSPS) is 18.9. The topological polar surface area (TPSA) is 189 Å². The van der Waals surface area contributed by atoms with Crippen LogP contribution in [0, 0.1) is 28.4 Å². The van der Waals surface area contributed by atoms with Crippen LogP contribution < -0.4 is 16.5 Å². The maximum atomic E-state index is 14.0. The van der Waals surface area contributed by atoms with Crippen molar-refractivity contribution in [1.29, 1.82) is 10.8 Å². The number of amidine groups is 1. The predicted molar refractivity (Wildman–Crippen MR) is 158 cm³/mol. The van der Waals surface area contributed by atoms with Gasteiger partial charge in [-0.15, -0.1) is 0 Å². The van der Waals surface area contributed by atoms with E-state index < -0.39 is 39.4 Å². The lowest BCUT2D eigenvalue weighted by molar-refractivity contribution is -0.123. The number of nitrogens with zero attached hydrogens (tertiary/aromatic N) is 2. The van der Waals surface area contributed by atoms with Crippen molar-refractivity contribution >= 4 is 39.5 Å². The number of hydrogen-bond donors (Lipinski definition) is 6. The summed E-state index contributed by atoms with van der Waals surface area (Å²) < 4.78 is 27.1. The highest BCUT2D eigenvalue weighted by Crippen LogP contribution is 2.36. The zero-order chi connectivity index (χ0) is 31.2. The number of hydrogen-bond acceptors (Lipinski definition) is 8. The second-order valence-electron chi connectivity index (χ2n) is 9.92. The molecular formula is C28H35F2N7O4S. The lowest BCUT2D eigenvalue weighted by Gasteiger charge is -2.47. The number of thioether (sulfide) groups is 1. The van der Waals surface area contributed by atoms with Crippen LogP contribution in [0.15, 0.2) is 34.2 Å². The molecule has 226 valence electrons. The molecule has 14 heteroatoms. The molecule has 0 unspecified atom stereocenters. The molecule has 2 aromatic rings. The molecule has 42 heavy (non-hydrogen) atoms. The number of aromatic hydroxyl groups is 1. The van der Waals surface area contributed by atoms with Gasteiger partial charge in [0.1, 0.15) is 22.5 Å². The summed E-state index contributed by atoms with van der Waals surface area (Å²) >= 11 is 0.567. The molecule has 1 aromatic carbocycles. The smallest absolute Gasteiger partial charge is 0.275 e. The van der Waals surface area contributed by atoms with Gasteiger partial charge >= 0.3 is 0 Å². The van der Waals surface area contributed by atoms with Crippen molar-refractivity contribution in [2.45, 2.75) is 58.0 Å². The van der Waals surface area contributed by atoms with Crippen molar-refractivity contribution in [3.05, 3.63) is 63.1 Å². The standard InChI is InChI=1S/C28H35F2N7O4S/c1-4-20(31)36-26(40)15-8-10-28(34-3,11-9-15)37(5-2)27(41)22-24(39)23(38)18(14-35-22)25(33)42-21(32)12-16-6-7-17(29)13-19(16)30/h6-7,13-15,32-34,39H,4-5,8-12H2,1-3H3,(H,35,38)(H2,31,36,40). The van der Waals surface area contributed by atoms with Gasteiger partial charge < -0.3 is 20.7 Å². The summed E-state index contributed by atoms with van der Waals surface area (Å²) in [5.74, 6) is -3.47. The van der Waals surface area contributed by atoms with Gasteiger partial charge in [0.25, 0.3) is 5.91 Å². The first-order valence-corrected chi connectivity index (χ1v) is 14.3. The Morgan fingerprint density at radius 3 is 2.50 bits per heavy atom. The number of benzene rings is 1. The van der Waals surface area contributed by atoms with Gasteiger partial charge in [0, 0.05) is 37.6 Å². The minimum absolute atomic E-state index is 0.0498. The number of rotatable bonds is 9. The third-order valence-corrected chi connectivity index (χ3v) is 8.24. The first-order chi connectivity index (χ1) is 19.9. The van der Waals surface area contributed by atoms with Crippen LogP contribution >= 0.6 is 11.8 Å². The van der Waals surface area contributed by atoms with E-state index in [0.29, 0.717) is 49.9 Å². The molecule has 0 saturated heterocycles. The van der Waals surface area contributed by atoms with Crippen LogP contribution in [0.1, 0.15) is 67.6 Å². The van der Waals surface area contributed by atoms with E-state index in [0.717, 1.165) is 12.3 Å². The first-order valence-electron chi connectivity index (χ1n) is 13.5. The highest BCUT2D eigenvalue weighted by atomic mass is 32.2. The molecule has 1 aliphatic rings. The van der Waals surface area contributed by atoms with Crippen LogP contribution in [0.4, 0.5) is 8.78 Å². The van der Waals surface area contributed by atoms with E-state index in [1.54, 1.807) is 20.9 Å². The maximum absolute atomic E-state index is 14.0. The largest absolute Gasteiger partial charge is 0.503 e. The Balaban J connectivity index is 1.76. The Bertz CT molecular complexity index is 1470. The Morgan fingerprint density at radius 1 is 1.26 bits per heavy atom. The van der Waals surface area contributed by atoms with Gasteiger partial charge in [0.2, 0.25) is 11.3 Å². The molecule has 1 heterocycles. The fourth-order valence-electron chi connectivity index (χ4n) is 4.99. The van der Waals surface area contributed by atoms with Crippen molar-refractivity contribution in [2.24, 2.45) is 16.6 Å². The Labute approximate surface area is 246 Å². The van der Waals surface area contributed by atoms with Crippen LogP contribution in [-0.2, 0) is 11.2 Å². The summed E-state index contributed by atoms with van der Waals surface area (Å²) in [7, 11) is 1.70. The minimum atomic E-state index is -0.981. The quantitative estimate of drug-likeness (QED) is 0.144. The third-order valence-electron chi connectivity index (χ3n) is 7.43. The number of amides is 2. The molecule has 0 bridgehead atoms. The highest BCUT2D eigenvalue weighted by Gasteiger charge is 2.43. The number of halogens is 2. The SMILES string of the molecule is CCC(N)=NC(=O)C1CCC(NC)(N(CC)C(=O)c2[nH]cc(C(=N)SC(=N)Cc3ccc(F)cc3F)c(=O)c2O)CC1. The number of nitrogens with one attached hydrogen (secondary N) is 4. The number of carbonyl (C=O) groups is 2. The molecule has 7 N–H and O–H groups in total. The summed E-state index contributed by atoms with van der Waals surface area (Å²) in [5, 5.41) is 29.7. The molecule has 2 amide bonds. The average molecular weight is 604 g/mol. The second kappa shape index (κ2) is 13.8. The van der Waals surface area contributed by atoms with Crippen molar-refractivity contribution in [2.75, 3.05) is 13.6 Å². The number of aliphatic imine (C=N–C) groups is 1. The molecule has 3 rings (SSSR count). The van der Waals surface area contributed by atoms with Crippen molar-refractivity contribution in [3.63, 3.8) is 0 Å². The fraction of sp³-hybridized carbons (Fsp3) is 0.429. The van der Waals surface area contributed by atoms with E-state index in [1.165, 1.54) is 11.0 Å². The number of nitrogens with two attached hydrogens (primary N) is 1. The monoisotopic (exact) mass is 603 g/mol. The molecule has 0 aliphatic heterocycles. The van der Waals surface area contributed by atoms with E-state index in [4.69, 9.17) is 16.6 Å². The number of pyridine rings is 1. The zero-order valence-electron chi connectivity index (χ0n) is 23.6. The Morgan fingerprint density at radius 2 is 1.93 bits per heavy atom. The molecular weight excluding hydrogens is 568 g/mol. The van der Waals surface area contributed by atoms with Crippen LogP contribution in [0.2, 0.25) is 0 Å². The molecule has 1 saturated carbocycles. The van der Waals surface area contributed by atoms with Gasteiger partial charge in [-0.1, -0.05) is 24.8 Å². The summed E-state index contributed by atoms with van der Waals surface area (Å²) in [4.78, 5) is 47.2. The van der Waals surface area contributed by atoms with E-state index in [1.807, 2.05) is 0 Å². The molecule has 1 aromatic heterocycles. The molecule has 0 spiro atoms. The molecule has 1 aliphatic carbocycles. The molecule has 1 fully saturated rings. The van der Waals surface area contributed by atoms with E-state index in [-0.39, 0.29) is 52.5 Å². The Kier molecular flexibility index (Phi) is 10.7. The van der Waals surface area contributed by atoms with Gasteiger partial charge in [-0.3, -0.25) is 30.5 Å². The van der Waals surface area contributed by atoms with Crippen LogP contribution in [-0.4, -0.2) is 62.0 Å². The number of H-pyrrole nitrogens is 1. The van der Waals surface area contributed by atoms with E-state index in [2.05, 4.69) is 15.3 Å². The van der Waals surface area contributed by atoms with Crippen molar-refractivity contribution < 1.29 is 23.5 Å². The van der Waals surface area contributed by atoms with Gasteiger partial charge in [-0.2, -0.15) is 0 Å². The van der Waals surface area contributed by atoms with Gasteiger partial charge in [0.05, 0.1) is 16.3 Å². The number of carbonyl (C=O) groups excluding carboxylic acids is 2. The summed E-state index contributed by atoms with van der Waals surface area (Å²) in [5.41, 5.74) is 3.29. The highest BCUT2D eigenvalue weighted by molar-refractivity contribution is 8.26. The molecule has 0 radical (unpaired) electrons. The number of aromatic amines is 1. The van der Waals surface area contributed by atoms with Crippen LogP contribution in [0.5, 0.6) is 5.75 Å². The average Bonchev–Trinajstić information content (AvgIpc) is 2.96. The minimum Gasteiger partial charge on any atom is -0.503 e.